The first-order valence-corrected chi connectivity index (χ1v) is 3.47. The molecule has 0 amide bonds. The topological polar surface area (TPSA) is 4.41 Å². The molecule has 1 nitrogen and oxygen atoms in total. The first-order chi connectivity index (χ1) is 4.88. The molecule has 2 aromatic rings. The van der Waals surface area contributed by atoms with Crippen LogP contribution in [-0.4, -0.2) is 4.40 Å². The fourth-order valence-electron chi connectivity index (χ4n) is 1.02. The third kappa shape index (κ3) is 0.711. The molecule has 2 rings (SSSR count). The van der Waals surface area contributed by atoms with Gasteiger partial charge in [0, 0.05) is 11.7 Å². The van der Waals surface area contributed by atoms with Crippen LogP contribution in [0.15, 0.2) is 36.5 Å². The highest BCUT2D eigenvalue weighted by Crippen LogP contribution is 2.13. The van der Waals surface area contributed by atoms with E-state index in [1.54, 1.807) is 0 Å². The van der Waals surface area contributed by atoms with Gasteiger partial charge in [-0.1, -0.05) is 17.7 Å². The maximum Gasteiger partial charge on any atom is 0.113 e. The lowest BCUT2D eigenvalue weighted by Gasteiger charge is -1.92. The molecule has 0 spiro atoms. The summed E-state index contributed by atoms with van der Waals surface area (Å²) >= 11 is 5.84. The summed E-state index contributed by atoms with van der Waals surface area (Å²) in [7, 11) is 0. The summed E-state index contributed by atoms with van der Waals surface area (Å²) < 4.78 is 1.93. The minimum absolute atomic E-state index is 0.760. The van der Waals surface area contributed by atoms with Gasteiger partial charge in [-0.05, 0) is 24.3 Å². The summed E-state index contributed by atoms with van der Waals surface area (Å²) in [6, 6.07) is 9.84. The lowest BCUT2D eigenvalue weighted by Crippen LogP contribution is -1.78. The van der Waals surface area contributed by atoms with Crippen LogP contribution in [0.1, 0.15) is 0 Å². The second kappa shape index (κ2) is 2.03. The molecule has 0 aliphatic rings. The van der Waals surface area contributed by atoms with E-state index in [4.69, 9.17) is 11.6 Å². The zero-order valence-corrected chi connectivity index (χ0v) is 6.05. The predicted molar refractivity (Wildman–Crippen MR) is 42.4 cm³/mol. The summed E-state index contributed by atoms with van der Waals surface area (Å²) in [6.07, 6.45) is 1.94. The van der Waals surface area contributed by atoms with Gasteiger partial charge in [-0.15, -0.1) is 0 Å². The minimum atomic E-state index is 0.760. The maximum absolute atomic E-state index is 5.84. The molecule has 2 aromatic heterocycles. The molecule has 0 saturated carbocycles. The molecule has 50 valence electrons. The lowest BCUT2D eigenvalue weighted by molar-refractivity contribution is 1.20. The van der Waals surface area contributed by atoms with E-state index >= 15 is 0 Å². The summed E-state index contributed by atoms with van der Waals surface area (Å²) in [5.74, 6) is 0. The van der Waals surface area contributed by atoms with Gasteiger partial charge in [-0.25, -0.2) is 0 Å². The van der Waals surface area contributed by atoms with Gasteiger partial charge in [0.25, 0.3) is 0 Å². The van der Waals surface area contributed by atoms with Crippen molar-refractivity contribution >= 4 is 17.1 Å². The molecule has 0 N–H and O–H groups in total. The van der Waals surface area contributed by atoms with Crippen LogP contribution < -0.4 is 0 Å². The Balaban J connectivity index is 2.93. The summed E-state index contributed by atoms with van der Waals surface area (Å²) in [5.41, 5.74) is 1.13. The van der Waals surface area contributed by atoms with Gasteiger partial charge in [0.15, 0.2) is 0 Å². The molecule has 2 heterocycles. The number of nitrogens with zero attached hydrogens (tertiary/aromatic N) is 1. The SMILES string of the molecule is Clc1ccc2ccccn12. The minimum Gasteiger partial charge on any atom is -0.308 e. The zero-order valence-electron chi connectivity index (χ0n) is 5.29. The van der Waals surface area contributed by atoms with Crippen molar-refractivity contribution < 1.29 is 0 Å². The Labute approximate surface area is 63.9 Å². The maximum atomic E-state index is 5.84. The predicted octanol–water partition coefficient (Wildman–Crippen LogP) is 2.59. The fourth-order valence-corrected chi connectivity index (χ4v) is 1.24. The zero-order chi connectivity index (χ0) is 6.97. The van der Waals surface area contributed by atoms with Crippen molar-refractivity contribution in [2.75, 3.05) is 0 Å². The van der Waals surface area contributed by atoms with Crippen molar-refractivity contribution in [3.8, 4) is 0 Å². The Morgan fingerprint density at radius 3 is 2.80 bits per heavy atom. The second-order valence-corrected chi connectivity index (χ2v) is 2.54. The summed E-state index contributed by atoms with van der Waals surface area (Å²) in [6.45, 7) is 0. The number of pyridine rings is 1. The Morgan fingerprint density at radius 1 is 1.10 bits per heavy atom. The van der Waals surface area contributed by atoms with E-state index in [0.29, 0.717) is 0 Å². The normalized spacial score (nSPS) is 10.5. The van der Waals surface area contributed by atoms with Gasteiger partial charge < -0.3 is 4.40 Å². The quantitative estimate of drug-likeness (QED) is 0.545. The molecule has 0 unspecified atom stereocenters. The number of aromatic nitrogens is 1. The van der Waals surface area contributed by atoms with Crippen molar-refractivity contribution in [2.45, 2.75) is 0 Å². The van der Waals surface area contributed by atoms with E-state index < -0.39 is 0 Å². The number of hydrogen-bond acceptors (Lipinski definition) is 0. The van der Waals surface area contributed by atoms with E-state index in [2.05, 4.69) is 0 Å². The third-order valence-corrected chi connectivity index (χ3v) is 1.82. The average Bonchev–Trinajstić information content (AvgIpc) is 2.34. The summed E-state index contributed by atoms with van der Waals surface area (Å²) in [5, 5.41) is 0.760. The first-order valence-electron chi connectivity index (χ1n) is 3.09. The van der Waals surface area contributed by atoms with Gasteiger partial charge in [-0.2, -0.15) is 0 Å². The molecule has 0 bridgehead atoms. The van der Waals surface area contributed by atoms with Crippen LogP contribution in [-0.2, 0) is 0 Å². The van der Waals surface area contributed by atoms with Crippen molar-refractivity contribution in [3.63, 3.8) is 0 Å². The van der Waals surface area contributed by atoms with E-state index in [0.717, 1.165) is 10.7 Å². The Morgan fingerprint density at radius 2 is 2.00 bits per heavy atom. The molecule has 10 heavy (non-hydrogen) atoms. The first kappa shape index (κ1) is 5.81. The van der Waals surface area contributed by atoms with Crippen molar-refractivity contribution in [1.29, 1.82) is 0 Å². The van der Waals surface area contributed by atoms with Crippen LogP contribution in [0.3, 0.4) is 0 Å². The molecular weight excluding hydrogens is 146 g/mol. The molecule has 0 atom stereocenters. The van der Waals surface area contributed by atoms with E-state index in [-0.39, 0.29) is 0 Å². The Bertz CT molecular complexity index is 351. The molecule has 0 radical (unpaired) electrons. The van der Waals surface area contributed by atoms with E-state index in [9.17, 15) is 0 Å². The molecule has 0 saturated heterocycles. The molecule has 0 aliphatic carbocycles. The highest BCUT2D eigenvalue weighted by Gasteiger charge is 1.93. The highest BCUT2D eigenvalue weighted by molar-refractivity contribution is 6.30. The van der Waals surface area contributed by atoms with Crippen LogP contribution >= 0.6 is 11.6 Å². The van der Waals surface area contributed by atoms with Crippen molar-refractivity contribution in [1.82, 2.24) is 4.40 Å². The van der Waals surface area contributed by atoms with E-state index in [1.807, 2.05) is 40.9 Å². The van der Waals surface area contributed by atoms with Gasteiger partial charge in [0.05, 0.1) is 0 Å². The number of rotatable bonds is 0. The molecule has 0 aliphatic heterocycles. The monoisotopic (exact) mass is 151 g/mol. The van der Waals surface area contributed by atoms with Crippen LogP contribution in [0.5, 0.6) is 0 Å². The molecule has 2 heteroatoms. The van der Waals surface area contributed by atoms with Crippen LogP contribution in [0.2, 0.25) is 5.15 Å². The van der Waals surface area contributed by atoms with Crippen molar-refractivity contribution in [3.05, 3.63) is 41.7 Å². The average molecular weight is 152 g/mol. The van der Waals surface area contributed by atoms with Gasteiger partial charge >= 0.3 is 0 Å². The third-order valence-electron chi connectivity index (χ3n) is 1.51. The second-order valence-electron chi connectivity index (χ2n) is 2.15. The smallest absolute Gasteiger partial charge is 0.113 e. The Hall–Kier alpha value is -0.950. The fraction of sp³-hybridized carbons (Fsp3) is 0. The van der Waals surface area contributed by atoms with Gasteiger partial charge in [0.1, 0.15) is 5.15 Å². The van der Waals surface area contributed by atoms with Gasteiger partial charge in [-0.3, -0.25) is 0 Å². The summed E-state index contributed by atoms with van der Waals surface area (Å²) in [4.78, 5) is 0. The van der Waals surface area contributed by atoms with Gasteiger partial charge in [0.2, 0.25) is 0 Å². The molecule has 0 fully saturated rings. The standard InChI is InChI=1S/C8H6ClN/c9-8-5-4-7-3-1-2-6-10(7)8/h1-6H. The van der Waals surface area contributed by atoms with Crippen LogP contribution in [0.25, 0.3) is 5.52 Å². The lowest BCUT2D eigenvalue weighted by atomic mass is 10.4. The van der Waals surface area contributed by atoms with Crippen molar-refractivity contribution in [2.24, 2.45) is 0 Å². The Kier molecular flexibility index (Phi) is 1.18. The van der Waals surface area contributed by atoms with Crippen LogP contribution in [0.4, 0.5) is 0 Å². The largest absolute Gasteiger partial charge is 0.308 e. The molecule has 0 aromatic carbocycles. The number of halogens is 1. The number of hydrogen-bond donors (Lipinski definition) is 0. The number of fused-ring (bicyclic) bond motifs is 1. The van der Waals surface area contributed by atoms with E-state index in [1.165, 1.54) is 0 Å². The highest BCUT2D eigenvalue weighted by atomic mass is 35.5. The van der Waals surface area contributed by atoms with Crippen LogP contribution in [0, 0.1) is 0 Å². The molecular formula is C8H6ClN.